The molecule has 0 unspecified atom stereocenters. The zero-order chi connectivity index (χ0) is 12.1. The molecule has 0 saturated heterocycles. The first-order valence-corrected chi connectivity index (χ1v) is 6.87. The fraction of sp³-hybridized carbons (Fsp3) is 0.267. The van der Waals surface area contributed by atoms with Gasteiger partial charge in [-0.25, -0.2) is 0 Å². The highest BCUT2D eigenvalue weighted by molar-refractivity contribution is 7.07. The third-order valence-corrected chi connectivity index (χ3v) is 3.64. The molecule has 0 atom stereocenters. The SMILES string of the molecule is CCc1ccc(C(=O)CCc2ccsc2)cc1. The molecule has 0 radical (unpaired) electrons. The minimum Gasteiger partial charge on any atom is -0.294 e. The molecule has 0 spiro atoms. The van der Waals surface area contributed by atoms with Gasteiger partial charge in [0.2, 0.25) is 0 Å². The third kappa shape index (κ3) is 3.27. The van der Waals surface area contributed by atoms with Crippen LogP contribution in [0.3, 0.4) is 0 Å². The molecular weight excluding hydrogens is 228 g/mol. The van der Waals surface area contributed by atoms with Crippen LogP contribution in [-0.4, -0.2) is 5.78 Å². The molecule has 17 heavy (non-hydrogen) atoms. The van der Waals surface area contributed by atoms with E-state index in [-0.39, 0.29) is 5.78 Å². The third-order valence-electron chi connectivity index (χ3n) is 2.90. The highest BCUT2D eigenvalue weighted by atomic mass is 32.1. The molecule has 0 amide bonds. The van der Waals surface area contributed by atoms with Crippen molar-refractivity contribution in [2.45, 2.75) is 26.2 Å². The highest BCUT2D eigenvalue weighted by Crippen LogP contribution is 2.12. The first kappa shape index (κ1) is 12.1. The van der Waals surface area contributed by atoms with E-state index >= 15 is 0 Å². The number of hydrogen-bond donors (Lipinski definition) is 0. The van der Waals surface area contributed by atoms with Gasteiger partial charge in [0.05, 0.1) is 0 Å². The fourth-order valence-corrected chi connectivity index (χ4v) is 2.47. The lowest BCUT2D eigenvalue weighted by Gasteiger charge is -2.01. The number of aryl methyl sites for hydroxylation is 2. The van der Waals surface area contributed by atoms with Crippen LogP contribution >= 0.6 is 11.3 Å². The van der Waals surface area contributed by atoms with Gasteiger partial charge in [-0.2, -0.15) is 11.3 Å². The van der Waals surface area contributed by atoms with Gasteiger partial charge in [0.1, 0.15) is 0 Å². The van der Waals surface area contributed by atoms with E-state index in [0.29, 0.717) is 6.42 Å². The summed E-state index contributed by atoms with van der Waals surface area (Å²) in [6.45, 7) is 2.12. The Morgan fingerprint density at radius 1 is 1.12 bits per heavy atom. The maximum Gasteiger partial charge on any atom is 0.163 e. The molecule has 0 bridgehead atoms. The van der Waals surface area contributed by atoms with Gasteiger partial charge in [0.25, 0.3) is 0 Å². The molecule has 88 valence electrons. The molecule has 0 saturated carbocycles. The van der Waals surface area contributed by atoms with Crippen molar-refractivity contribution in [3.8, 4) is 0 Å². The van der Waals surface area contributed by atoms with Crippen LogP contribution in [0.25, 0.3) is 0 Å². The van der Waals surface area contributed by atoms with Crippen LogP contribution in [0.5, 0.6) is 0 Å². The van der Waals surface area contributed by atoms with E-state index in [2.05, 4.69) is 23.8 Å². The van der Waals surface area contributed by atoms with Crippen molar-refractivity contribution in [1.29, 1.82) is 0 Å². The van der Waals surface area contributed by atoms with Crippen LogP contribution < -0.4 is 0 Å². The summed E-state index contributed by atoms with van der Waals surface area (Å²) in [6.07, 6.45) is 2.46. The van der Waals surface area contributed by atoms with Crippen molar-refractivity contribution >= 4 is 17.1 Å². The monoisotopic (exact) mass is 244 g/mol. The fourth-order valence-electron chi connectivity index (χ4n) is 1.76. The molecule has 1 heterocycles. The molecule has 1 nitrogen and oxygen atoms in total. The van der Waals surface area contributed by atoms with Gasteiger partial charge in [-0.05, 0) is 40.8 Å². The Morgan fingerprint density at radius 3 is 2.47 bits per heavy atom. The van der Waals surface area contributed by atoms with Crippen molar-refractivity contribution in [2.24, 2.45) is 0 Å². The van der Waals surface area contributed by atoms with E-state index in [0.717, 1.165) is 18.4 Å². The zero-order valence-corrected chi connectivity index (χ0v) is 10.8. The van der Waals surface area contributed by atoms with Gasteiger partial charge in [0, 0.05) is 12.0 Å². The summed E-state index contributed by atoms with van der Waals surface area (Å²) in [5.41, 5.74) is 3.37. The summed E-state index contributed by atoms with van der Waals surface area (Å²) in [5.74, 6) is 0.235. The summed E-state index contributed by atoms with van der Waals surface area (Å²) in [4.78, 5) is 11.9. The van der Waals surface area contributed by atoms with E-state index in [1.54, 1.807) is 11.3 Å². The zero-order valence-electron chi connectivity index (χ0n) is 9.98. The molecule has 1 aromatic heterocycles. The van der Waals surface area contributed by atoms with Gasteiger partial charge in [-0.15, -0.1) is 0 Å². The van der Waals surface area contributed by atoms with Crippen molar-refractivity contribution in [2.75, 3.05) is 0 Å². The number of thiophene rings is 1. The van der Waals surface area contributed by atoms with Crippen molar-refractivity contribution in [3.63, 3.8) is 0 Å². The highest BCUT2D eigenvalue weighted by Gasteiger charge is 2.06. The largest absolute Gasteiger partial charge is 0.294 e. The standard InChI is InChI=1S/C15H16OS/c1-2-12-3-6-14(7-4-12)15(16)8-5-13-9-10-17-11-13/h3-4,6-7,9-11H,2,5,8H2,1H3. The van der Waals surface area contributed by atoms with Gasteiger partial charge in [-0.3, -0.25) is 4.79 Å². The van der Waals surface area contributed by atoms with E-state index in [1.165, 1.54) is 11.1 Å². The van der Waals surface area contributed by atoms with Crippen LogP contribution in [0, 0.1) is 0 Å². The second kappa shape index (κ2) is 5.78. The number of carbonyl (C=O) groups excluding carboxylic acids is 1. The van der Waals surface area contributed by atoms with Gasteiger partial charge in [-0.1, -0.05) is 31.2 Å². The van der Waals surface area contributed by atoms with Crippen LogP contribution in [0.15, 0.2) is 41.1 Å². The normalized spacial score (nSPS) is 10.4. The molecule has 0 aliphatic heterocycles. The lowest BCUT2D eigenvalue weighted by atomic mass is 10.0. The Morgan fingerprint density at radius 2 is 1.88 bits per heavy atom. The summed E-state index contributed by atoms with van der Waals surface area (Å²) in [7, 11) is 0. The Labute approximate surface area is 106 Å². The van der Waals surface area contributed by atoms with Crippen molar-refractivity contribution in [1.82, 2.24) is 0 Å². The Bertz CT molecular complexity index is 468. The number of benzene rings is 1. The number of rotatable bonds is 5. The van der Waals surface area contributed by atoms with Gasteiger partial charge >= 0.3 is 0 Å². The molecule has 0 fully saturated rings. The summed E-state index contributed by atoms with van der Waals surface area (Å²) >= 11 is 1.68. The van der Waals surface area contributed by atoms with E-state index in [9.17, 15) is 4.79 Å². The molecule has 2 heteroatoms. The maximum absolute atomic E-state index is 11.9. The summed E-state index contributed by atoms with van der Waals surface area (Å²) < 4.78 is 0. The summed E-state index contributed by atoms with van der Waals surface area (Å²) in [6, 6.07) is 10.0. The maximum atomic E-state index is 11.9. The Hall–Kier alpha value is -1.41. The minimum absolute atomic E-state index is 0.235. The predicted octanol–water partition coefficient (Wildman–Crippen LogP) is 4.13. The topological polar surface area (TPSA) is 17.1 Å². The first-order valence-electron chi connectivity index (χ1n) is 5.93. The second-order valence-electron chi connectivity index (χ2n) is 4.11. The molecule has 0 N–H and O–H groups in total. The Balaban J connectivity index is 1.95. The quantitative estimate of drug-likeness (QED) is 0.723. The average Bonchev–Trinajstić information content (AvgIpc) is 2.89. The smallest absolute Gasteiger partial charge is 0.163 e. The van der Waals surface area contributed by atoms with Gasteiger partial charge < -0.3 is 0 Å². The molecule has 1 aromatic carbocycles. The average molecular weight is 244 g/mol. The first-order chi connectivity index (χ1) is 8.29. The van der Waals surface area contributed by atoms with Crippen LogP contribution in [0.1, 0.15) is 34.8 Å². The minimum atomic E-state index is 0.235. The number of Topliss-reactive ketones (excluding diaryl/α,β-unsaturated/α-hetero) is 1. The van der Waals surface area contributed by atoms with Crippen LogP contribution in [0.4, 0.5) is 0 Å². The van der Waals surface area contributed by atoms with E-state index in [4.69, 9.17) is 0 Å². The summed E-state index contributed by atoms with van der Waals surface area (Å²) in [5, 5.41) is 4.16. The van der Waals surface area contributed by atoms with E-state index in [1.807, 2.05) is 24.3 Å². The number of carbonyl (C=O) groups is 1. The van der Waals surface area contributed by atoms with Crippen molar-refractivity contribution < 1.29 is 4.79 Å². The second-order valence-corrected chi connectivity index (χ2v) is 4.89. The number of ketones is 1. The number of hydrogen-bond acceptors (Lipinski definition) is 2. The van der Waals surface area contributed by atoms with Gasteiger partial charge in [0.15, 0.2) is 5.78 Å². The van der Waals surface area contributed by atoms with Crippen LogP contribution in [0.2, 0.25) is 0 Å². The van der Waals surface area contributed by atoms with Crippen molar-refractivity contribution in [3.05, 3.63) is 57.8 Å². The lowest BCUT2D eigenvalue weighted by Crippen LogP contribution is -2.00. The molecular formula is C15H16OS. The predicted molar refractivity (Wildman–Crippen MR) is 72.8 cm³/mol. The lowest BCUT2D eigenvalue weighted by molar-refractivity contribution is 0.0983. The molecule has 0 aliphatic rings. The molecule has 2 rings (SSSR count). The van der Waals surface area contributed by atoms with E-state index < -0.39 is 0 Å². The Kier molecular flexibility index (Phi) is 4.10. The van der Waals surface area contributed by atoms with Crippen LogP contribution in [-0.2, 0) is 12.8 Å². The molecule has 0 aliphatic carbocycles. The molecule has 2 aromatic rings.